The van der Waals surface area contributed by atoms with E-state index in [-0.39, 0.29) is 29.6 Å². The Morgan fingerprint density at radius 3 is 2.67 bits per heavy atom. The van der Waals surface area contributed by atoms with Crippen LogP contribution in [0, 0.1) is 6.92 Å². The minimum absolute atomic E-state index is 0. The average molecular weight is 522 g/mol. The van der Waals surface area contributed by atoms with Gasteiger partial charge in [-0.1, -0.05) is 18.2 Å². The van der Waals surface area contributed by atoms with E-state index in [1.807, 2.05) is 28.8 Å². The first-order valence-electron chi connectivity index (χ1n) is 9.87. The van der Waals surface area contributed by atoms with Crippen molar-refractivity contribution in [2.75, 3.05) is 13.6 Å². The molecule has 2 N–H and O–H groups in total. The van der Waals surface area contributed by atoms with Crippen LogP contribution in [0.5, 0.6) is 5.75 Å². The monoisotopic (exact) mass is 522 g/mol. The number of rotatable bonds is 6. The molecule has 0 saturated carbocycles. The van der Waals surface area contributed by atoms with Gasteiger partial charge in [-0.15, -0.1) is 34.2 Å². The maximum absolute atomic E-state index is 6.13. The highest BCUT2D eigenvalue weighted by atomic mass is 127. The highest BCUT2D eigenvalue weighted by Gasteiger charge is 2.15. The number of benzene rings is 1. The Bertz CT molecular complexity index is 993. The van der Waals surface area contributed by atoms with Crippen LogP contribution in [0.4, 0.5) is 0 Å². The van der Waals surface area contributed by atoms with Gasteiger partial charge < -0.3 is 15.4 Å². The van der Waals surface area contributed by atoms with Crippen molar-refractivity contribution in [1.29, 1.82) is 0 Å². The van der Waals surface area contributed by atoms with E-state index in [2.05, 4.69) is 71.7 Å². The average Bonchev–Trinajstić information content (AvgIpc) is 3.08. The molecule has 2 aromatic heterocycles. The smallest absolute Gasteiger partial charge is 0.191 e. The van der Waals surface area contributed by atoms with E-state index >= 15 is 0 Å². The summed E-state index contributed by atoms with van der Waals surface area (Å²) in [5.41, 5.74) is 2.88. The van der Waals surface area contributed by atoms with Gasteiger partial charge in [0.05, 0.1) is 0 Å². The number of fused-ring (bicyclic) bond motifs is 1. The molecule has 1 aromatic carbocycles. The molecule has 0 aliphatic carbocycles. The first kappa shape index (κ1) is 23.9. The number of guanidine groups is 1. The van der Waals surface area contributed by atoms with E-state index in [0.29, 0.717) is 13.1 Å². The fourth-order valence-electron chi connectivity index (χ4n) is 2.99. The van der Waals surface area contributed by atoms with Crippen LogP contribution in [0.2, 0.25) is 0 Å². The van der Waals surface area contributed by atoms with Crippen molar-refractivity contribution >= 4 is 35.6 Å². The zero-order valence-electron chi connectivity index (χ0n) is 18.3. The van der Waals surface area contributed by atoms with Crippen molar-refractivity contribution in [3.63, 3.8) is 0 Å². The summed E-state index contributed by atoms with van der Waals surface area (Å²) < 4.78 is 8.13. The Labute approximate surface area is 195 Å². The van der Waals surface area contributed by atoms with Crippen LogP contribution in [-0.4, -0.2) is 39.8 Å². The van der Waals surface area contributed by atoms with Crippen LogP contribution in [0.25, 0.3) is 5.65 Å². The van der Waals surface area contributed by atoms with Crippen molar-refractivity contribution in [1.82, 2.24) is 25.2 Å². The zero-order valence-corrected chi connectivity index (χ0v) is 20.6. The molecular weight excluding hydrogens is 491 g/mol. The van der Waals surface area contributed by atoms with Gasteiger partial charge in [-0.05, 0) is 51.5 Å². The van der Waals surface area contributed by atoms with E-state index in [4.69, 9.17) is 4.74 Å². The number of aryl methyl sites for hydroxylation is 1. The van der Waals surface area contributed by atoms with Gasteiger partial charge in [0.25, 0.3) is 0 Å². The molecule has 0 atom stereocenters. The number of nitrogens with zero attached hydrogens (tertiary/aromatic N) is 4. The van der Waals surface area contributed by atoms with Gasteiger partial charge in [0.1, 0.15) is 17.2 Å². The standard InChI is InChI=1S/C22H30N6O.HI/c1-16-9-10-17(18(14-16)29-22(2,3)4)15-25-21(23-5)24-12-11-20-27-26-19-8-6-7-13-28(19)20;/h6-10,13-14H,11-12,15H2,1-5H3,(H2,23,24,25);1H. The summed E-state index contributed by atoms with van der Waals surface area (Å²) in [7, 11) is 1.77. The number of ether oxygens (including phenoxy) is 1. The van der Waals surface area contributed by atoms with E-state index in [1.54, 1.807) is 7.05 Å². The van der Waals surface area contributed by atoms with Crippen molar-refractivity contribution in [3.05, 3.63) is 59.5 Å². The Morgan fingerprint density at radius 2 is 1.93 bits per heavy atom. The first-order valence-corrected chi connectivity index (χ1v) is 9.87. The minimum Gasteiger partial charge on any atom is -0.488 e. The molecule has 0 aliphatic heterocycles. The van der Waals surface area contributed by atoms with Crippen LogP contribution < -0.4 is 15.4 Å². The highest BCUT2D eigenvalue weighted by molar-refractivity contribution is 14.0. The highest BCUT2D eigenvalue weighted by Crippen LogP contribution is 2.24. The van der Waals surface area contributed by atoms with E-state index < -0.39 is 0 Å². The van der Waals surface area contributed by atoms with Gasteiger partial charge in [0.15, 0.2) is 11.6 Å². The fraction of sp³-hybridized carbons (Fsp3) is 0.409. The maximum atomic E-state index is 6.13. The van der Waals surface area contributed by atoms with Crippen LogP contribution >= 0.6 is 24.0 Å². The summed E-state index contributed by atoms with van der Waals surface area (Å²) >= 11 is 0. The van der Waals surface area contributed by atoms with E-state index in [9.17, 15) is 0 Å². The Morgan fingerprint density at radius 1 is 1.13 bits per heavy atom. The first-order chi connectivity index (χ1) is 13.9. The third kappa shape index (κ3) is 6.58. The van der Waals surface area contributed by atoms with Crippen LogP contribution in [-0.2, 0) is 13.0 Å². The molecule has 2 heterocycles. The number of aliphatic imine (C=N–C) groups is 1. The molecule has 0 aliphatic rings. The second kappa shape index (κ2) is 10.6. The molecular formula is C22H31IN6O. The predicted molar refractivity (Wildman–Crippen MR) is 132 cm³/mol. The molecule has 0 unspecified atom stereocenters. The van der Waals surface area contributed by atoms with Gasteiger partial charge in [-0.2, -0.15) is 0 Å². The predicted octanol–water partition coefficient (Wildman–Crippen LogP) is 3.74. The Kier molecular flexibility index (Phi) is 8.45. The number of nitrogens with one attached hydrogen (secondary N) is 2. The lowest BCUT2D eigenvalue weighted by atomic mass is 10.1. The molecule has 30 heavy (non-hydrogen) atoms. The van der Waals surface area contributed by atoms with E-state index in [0.717, 1.165) is 35.2 Å². The lowest BCUT2D eigenvalue weighted by molar-refractivity contribution is 0.129. The molecule has 7 nitrogen and oxygen atoms in total. The second-order valence-corrected chi connectivity index (χ2v) is 7.97. The SMILES string of the molecule is CN=C(NCCc1nnc2ccccn12)NCc1ccc(C)cc1OC(C)(C)C.I. The molecule has 0 amide bonds. The second-order valence-electron chi connectivity index (χ2n) is 7.97. The number of aromatic nitrogens is 3. The molecule has 0 radical (unpaired) electrons. The topological polar surface area (TPSA) is 75.8 Å². The molecule has 3 aromatic rings. The lowest BCUT2D eigenvalue weighted by Crippen LogP contribution is -2.38. The fourth-order valence-corrected chi connectivity index (χ4v) is 2.99. The van der Waals surface area contributed by atoms with Crippen molar-refractivity contribution < 1.29 is 4.74 Å². The molecule has 0 spiro atoms. The number of hydrogen-bond donors (Lipinski definition) is 2. The summed E-state index contributed by atoms with van der Waals surface area (Å²) in [5, 5.41) is 15.1. The maximum Gasteiger partial charge on any atom is 0.191 e. The largest absolute Gasteiger partial charge is 0.488 e. The van der Waals surface area contributed by atoms with Gasteiger partial charge in [-0.3, -0.25) is 9.39 Å². The van der Waals surface area contributed by atoms with Gasteiger partial charge >= 0.3 is 0 Å². The summed E-state index contributed by atoms with van der Waals surface area (Å²) in [6.45, 7) is 9.57. The van der Waals surface area contributed by atoms with Crippen LogP contribution in [0.15, 0.2) is 47.6 Å². The van der Waals surface area contributed by atoms with Gasteiger partial charge in [0.2, 0.25) is 0 Å². The lowest BCUT2D eigenvalue weighted by Gasteiger charge is -2.24. The molecule has 0 bridgehead atoms. The number of pyridine rings is 1. The van der Waals surface area contributed by atoms with Crippen molar-refractivity contribution in [2.45, 2.75) is 46.3 Å². The molecule has 0 saturated heterocycles. The summed E-state index contributed by atoms with van der Waals surface area (Å²) in [5.74, 6) is 2.56. The number of halogens is 1. The van der Waals surface area contributed by atoms with E-state index in [1.165, 1.54) is 5.56 Å². The molecule has 3 rings (SSSR count). The third-order valence-electron chi connectivity index (χ3n) is 4.33. The summed E-state index contributed by atoms with van der Waals surface area (Å²) in [6.07, 6.45) is 2.72. The third-order valence-corrected chi connectivity index (χ3v) is 4.33. The summed E-state index contributed by atoms with van der Waals surface area (Å²) in [6, 6.07) is 12.2. The van der Waals surface area contributed by atoms with Crippen molar-refractivity contribution in [3.8, 4) is 5.75 Å². The quantitative estimate of drug-likeness (QED) is 0.293. The van der Waals surface area contributed by atoms with Crippen LogP contribution in [0.3, 0.4) is 0 Å². The van der Waals surface area contributed by atoms with Crippen molar-refractivity contribution in [2.24, 2.45) is 4.99 Å². The van der Waals surface area contributed by atoms with Gasteiger partial charge in [-0.25, -0.2) is 0 Å². The Hall–Kier alpha value is -2.36. The van der Waals surface area contributed by atoms with Crippen LogP contribution in [0.1, 0.15) is 37.7 Å². The van der Waals surface area contributed by atoms with Gasteiger partial charge in [0, 0.05) is 38.3 Å². The summed E-state index contributed by atoms with van der Waals surface area (Å²) in [4.78, 5) is 4.32. The minimum atomic E-state index is -0.247. The number of hydrogen-bond acceptors (Lipinski definition) is 4. The Balaban J connectivity index is 0.00000320. The molecule has 8 heteroatoms. The molecule has 162 valence electrons. The molecule has 0 fully saturated rings. The normalized spacial score (nSPS) is 11.8. The zero-order chi connectivity index (χ0) is 20.9.